The molecule has 2 aromatic carbocycles. The van der Waals surface area contributed by atoms with E-state index in [-0.39, 0.29) is 23.9 Å². The van der Waals surface area contributed by atoms with Crippen LogP contribution in [0.5, 0.6) is 11.5 Å². The smallest absolute Gasteiger partial charge is 0.253 e. The van der Waals surface area contributed by atoms with E-state index in [0.717, 1.165) is 4.47 Å². The van der Waals surface area contributed by atoms with Crippen LogP contribution in [0.2, 0.25) is 0 Å². The summed E-state index contributed by atoms with van der Waals surface area (Å²) in [6.07, 6.45) is 0. The molecule has 1 fully saturated rings. The van der Waals surface area contributed by atoms with Gasteiger partial charge in [-0.2, -0.15) is 4.31 Å². The first-order valence-electron chi connectivity index (χ1n) is 8.64. The minimum absolute atomic E-state index is 0.101. The first-order chi connectivity index (χ1) is 13.4. The van der Waals surface area contributed by atoms with Crippen LogP contribution in [0.4, 0.5) is 0 Å². The Labute approximate surface area is 173 Å². The van der Waals surface area contributed by atoms with Crippen molar-refractivity contribution in [2.45, 2.75) is 4.90 Å². The van der Waals surface area contributed by atoms with Gasteiger partial charge in [0.1, 0.15) is 0 Å². The molecule has 7 nitrogen and oxygen atoms in total. The van der Waals surface area contributed by atoms with Gasteiger partial charge in [0.25, 0.3) is 5.91 Å². The summed E-state index contributed by atoms with van der Waals surface area (Å²) in [6, 6.07) is 11.6. The van der Waals surface area contributed by atoms with Crippen molar-refractivity contribution in [2.75, 3.05) is 40.4 Å². The van der Waals surface area contributed by atoms with Gasteiger partial charge in [-0.3, -0.25) is 4.79 Å². The number of carbonyl (C=O) groups is 1. The largest absolute Gasteiger partial charge is 0.493 e. The number of piperazine rings is 1. The topological polar surface area (TPSA) is 76.2 Å². The van der Waals surface area contributed by atoms with E-state index in [4.69, 9.17) is 9.47 Å². The van der Waals surface area contributed by atoms with Crippen molar-refractivity contribution in [3.05, 3.63) is 52.5 Å². The fourth-order valence-corrected chi connectivity index (χ4v) is 4.74. The molecule has 2 aromatic rings. The maximum absolute atomic E-state index is 13.0. The number of nitrogens with zero attached hydrogens (tertiary/aromatic N) is 2. The Morgan fingerprint density at radius 2 is 1.54 bits per heavy atom. The van der Waals surface area contributed by atoms with Crippen molar-refractivity contribution >= 4 is 31.9 Å². The molecule has 0 radical (unpaired) electrons. The summed E-state index contributed by atoms with van der Waals surface area (Å²) in [5.74, 6) is 0.717. The lowest BCUT2D eigenvalue weighted by molar-refractivity contribution is 0.0698. The van der Waals surface area contributed by atoms with Crippen molar-refractivity contribution in [1.29, 1.82) is 0 Å². The summed E-state index contributed by atoms with van der Waals surface area (Å²) in [4.78, 5) is 14.4. The zero-order chi connectivity index (χ0) is 20.3. The molecule has 0 bridgehead atoms. The molecular weight excluding hydrogens is 448 g/mol. The summed E-state index contributed by atoms with van der Waals surface area (Å²) in [5, 5.41) is 0. The Morgan fingerprint density at radius 1 is 0.929 bits per heavy atom. The number of amides is 1. The molecule has 1 aliphatic heterocycles. The van der Waals surface area contributed by atoms with Crippen LogP contribution in [0.15, 0.2) is 51.8 Å². The Kier molecular flexibility index (Phi) is 6.26. The van der Waals surface area contributed by atoms with Gasteiger partial charge in [0.15, 0.2) is 11.5 Å². The molecule has 9 heteroatoms. The van der Waals surface area contributed by atoms with Gasteiger partial charge in [0, 0.05) is 42.3 Å². The molecule has 1 heterocycles. The number of halogens is 1. The normalized spacial score (nSPS) is 15.3. The number of benzene rings is 2. The Balaban J connectivity index is 1.71. The third-order valence-electron chi connectivity index (χ3n) is 4.61. The van der Waals surface area contributed by atoms with Crippen LogP contribution >= 0.6 is 15.9 Å². The monoisotopic (exact) mass is 468 g/mol. The molecule has 1 amide bonds. The van der Waals surface area contributed by atoms with Crippen molar-refractivity contribution in [3.63, 3.8) is 0 Å². The zero-order valence-corrected chi connectivity index (χ0v) is 18.0. The Bertz CT molecular complexity index is 955. The van der Waals surface area contributed by atoms with E-state index in [9.17, 15) is 13.2 Å². The lowest BCUT2D eigenvalue weighted by Crippen LogP contribution is -2.50. The highest BCUT2D eigenvalue weighted by Gasteiger charge is 2.31. The minimum atomic E-state index is -3.69. The van der Waals surface area contributed by atoms with Gasteiger partial charge in [-0.25, -0.2) is 8.42 Å². The molecule has 0 aromatic heterocycles. The molecule has 0 aliphatic carbocycles. The van der Waals surface area contributed by atoms with Gasteiger partial charge in [0.05, 0.1) is 19.1 Å². The predicted octanol–water partition coefficient (Wildman–Crippen LogP) is 2.61. The van der Waals surface area contributed by atoms with Crippen LogP contribution < -0.4 is 9.47 Å². The maximum Gasteiger partial charge on any atom is 0.253 e. The van der Waals surface area contributed by atoms with Gasteiger partial charge >= 0.3 is 0 Å². The highest BCUT2D eigenvalue weighted by atomic mass is 79.9. The molecule has 150 valence electrons. The lowest BCUT2D eigenvalue weighted by Gasteiger charge is -2.34. The van der Waals surface area contributed by atoms with E-state index in [1.54, 1.807) is 23.1 Å². The van der Waals surface area contributed by atoms with Gasteiger partial charge in [0.2, 0.25) is 10.0 Å². The number of hydrogen-bond donors (Lipinski definition) is 0. The maximum atomic E-state index is 13.0. The number of sulfonamides is 1. The molecule has 0 saturated carbocycles. The second kappa shape index (κ2) is 8.50. The number of ether oxygens (including phenoxy) is 2. The van der Waals surface area contributed by atoms with Crippen LogP contribution in [0.25, 0.3) is 0 Å². The molecule has 1 aliphatic rings. The highest BCUT2D eigenvalue weighted by Crippen LogP contribution is 2.31. The van der Waals surface area contributed by atoms with E-state index >= 15 is 0 Å². The number of hydrogen-bond acceptors (Lipinski definition) is 5. The van der Waals surface area contributed by atoms with Crippen LogP contribution in [0.1, 0.15) is 10.4 Å². The SMILES string of the molecule is COc1ccc(S(=O)(=O)N2CCN(C(=O)c3ccc(Br)cc3)CC2)cc1OC. The van der Waals surface area contributed by atoms with Gasteiger partial charge < -0.3 is 14.4 Å². The van der Waals surface area contributed by atoms with Gasteiger partial charge in [-0.15, -0.1) is 0 Å². The second-order valence-corrected chi connectivity index (χ2v) is 9.07. The first kappa shape index (κ1) is 20.6. The third-order valence-corrected chi connectivity index (χ3v) is 7.03. The fraction of sp³-hybridized carbons (Fsp3) is 0.316. The van der Waals surface area contributed by atoms with Crippen molar-refractivity contribution in [3.8, 4) is 11.5 Å². The Hall–Kier alpha value is -2.10. The zero-order valence-electron chi connectivity index (χ0n) is 15.6. The summed E-state index contributed by atoms with van der Waals surface area (Å²) in [6.45, 7) is 1.14. The standard InChI is InChI=1S/C19H21BrN2O5S/c1-26-17-8-7-16(13-18(17)27-2)28(24,25)22-11-9-21(10-12-22)19(23)14-3-5-15(20)6-4-14/h3-8,13H,9-12H2,1-2H3. The Morgan fingerprint density at radius 3 is 2.11 bits per heavy atom. The van der Waals surface area contributed by atoms with Crippen LogP contribution in [-0.2, 0) is 10.0 Å². The number of methoxy groups -OCH3 is 2. The second-order valence-electron chi connectivity index (χ2n) is 6.22. The molecule has 0 atom stereocenters. The predicted molar refractivity (Wildman–Crippen MR) is 108 cm³/mol. The minimum Gasteiger partial charge on any atom is -0.493 e. The molecule has 0 N–H and O–H groups in total. The average Bonchev–Trinajstić information content (AvgIpc) is 2.73. The summed E-state index contributed by atoms with van der Waals surface area (Å²) < 4.78 is 38.6. The van der Waals surface area contributed by atoms with Crippen LogP contribution in [-0.4, -0.2) is 63.9 Å². The summed E-state index contributed by atoms with van der Waals surface area (Å²) >= 11 is 3.35. The first-order valence-corrected chi connectivity index (χ1v) is 10.9. The van der Waals surface area contributed by atoms with Gasteiger partial charge in [-0.05, 0) is 36.4 Å². The molecule has 28 heavy (non-hydrogen) atoms. The molecule has 3 rings (SSSR count). The van der Waals surface area contributed by atoms with E-state index in [1.165, 1.54) is 30.7 Å². The van der Waals surface area contributed by atoms with E-state index < -0.39 is 10.0 Å². The highest BCUT2D eigenvalue weighted by molar-refractivity contribution is 9.10. The average molecular weight is 469 g/mol. The van der Waals surface area contributed by atoms with Crippen molar-refractivity contribution in [1.82, 2.24) is 9.21 Å². The van der Waals surface area contributed by atoms with Crippen LogP contribution in [0.3, 0.4) is 0 Å². The molecule has 1 saturated heterocycles. The third kappa shape index (κ3) is 4.16. The van der Waals surface area contributed by atoms with Crippen molar-refractivity contribution < 1.29 is 22.7 Å². The lowest BCUT2D eigenvalue weighted by atomic mass is 10.2. The van der Waals surface area contributed by atoms with Gasteiger partial charge in [-0.1, -0.05) is 15.9 Å². The van der Waals surface area contributed by atoms with Crippen molar-refractivity contribution in [2.24, 2.45) is 0 Å². The molecular formula is C19H21BrN2O5S. The molecule has 0 unspecified atom stereocenters. The quantitative estimate of drug-likeness (QED) is 0.673. The number of rotatable bonds is 5. The molecule has 0 spiro atoms. The summed E-state index contributed by atoms with van der Waals surface area (Å²) in [5.41, 5.74) is 0.583. The van der Waals surface area contributed by atoms with E-state index in [2.05, 4.69) is 15.9 Å². The summed E-state index contributed by atoms with van der Waals surface area (Å²) in [7, 11) is -0.733. The van der Waals surface area contributed by atoms with E-state index in [0.29, 0.717) is 30.2 Å². The van der Waals surface area contributed by atoms with E-state index in [1.807, 2.05) is 12.1 Å². The fourth-order valence-electron chi connectivity index (χ4n) is 3.03. The van der Waals surface area contributed by atoms with Crippen LogP contribution in [0, 0.1) is 0 Å². The number of carbonyl (C=O) groups excluding carboxylic acids is 1.